The number of Topliss-reactive ketones (excluding diaryl/α,β-unsaturated/α-hetero) is 1. The van der Waals surface area contributed by atoms with E-state index in [1.165, 1.54) is 0 Å². The number of nitrogens with zero attached hydrogens (tertiary/aromatic N) is 2. The van der Waals surface area contributed by atoms with Crippen molar-refractivity contribution in [3.05, 3.63) is 18.0 Å². The summed E-state index contributed by atoms with van der Waals surface area (Å²) in [5.41, 5.74) is 1.17. The molecule has 20 heavy (non-hydrogen) atoms. The molecule has 1 saturated carbocycles. The quantitative estimate of drug-likeness (QED) is 0.786. The molecular weight excluding hydrogens is 248 g/mol. The van der Waals surface area contributed by atoms with Gasteiger partial charge < -0.3 is 0 Å². The van der Waals surface area contributed by atoms with Gasteiger partial charge in [0.15, 0.2) is 0 Å². The number of aromatic nitrogens is 2. The lowest BCUT2D eigenvalue weighted by Crippen LogP contribution is -2.12. The summed E-state index contributed by atoms with van der Waals surface area (Å²) in [6.07, 6.45) is 4.65. The molecule has 0 amide bonds. The van der Waals surface area contributed by atoms with E-state index in [0.29, 0.717) is 18.2 Å². The second kappa shape index (κ2) is 5.01. The van der Waals surface area contributed by atoms with Crippen LogP contribution in [0.5, 0.6) is 0 Å². The van der Waals surface area contributed by atoms with Gasteiger partial charge in [0.1, 0.15) is 5.78 Å². The molecule has 0 unspecified atom stereocenters. The molecule has 1 aliphatic rings. The lowest BCUT2D eigenvalue weighted by molar-refractivity contribution is -0.120. The first-order chi connectivity index (χ1) is 9.25. The molecule has 1 aromatic heterocycles. The SMILES string of the molecule is CCC(CC)n1ccc(CC(=O)C2C(C)(C)C2(C)C)n1. The van der Waals surface area contributed by atoms with Crippen molar-refractivity contribution in [3.8, 4) is 0 Å². The fraction of sp³-hybridized carbons (Fsp3) is 0.765. The number of rotatable bonds is 6. The molecule has 0 atom stereocenters. The number of carbonyl (C=O) groups is 1. The minimum Gasteiger partial charge on any atom is -0.299 e. The van der Waals surface area contributed by atoms with Crippen LogP contribution in [0, 0.1) is 16.7 Å². The molecule has 0 N–H and O–H groups in total. The molecule has 1 heterocycles. The third-order valence-electron chi connectivity index (χ3n) is 5.68. The van der Waals surface area contributed by atoms with Crippen molar-refractivity contribution in [2.75, 3.05) is 0 Å². The standard InChI is InChI=1S/C17H28N2O/c1-7-13(8-2)19-10-9-12(18-19)11-14(20)15-16(3,4)17(15,5)6/h9-10,13,15H,7-8,11H2,1-6H3. The Morgan fingerprint density at radius 2 is 1.80 bits per heavy atom. The molecule has 2 rings (SSSR count). The minimum absolute atomic E-state index is 0.127. The molecule has 112 valence electrons. The van der Waals surface area contributed by atoms with Gasteiger partial charge in [-0.2, -0.15) is 5.10 Å². The first kappa shape index (κ1) is 15.3. The highest BCUT2D eigenvalue weighted by atomic mass is 16.1. The second-order valence-corrected chi connectivity index (χ2v) is 7.28. The Morgan fingerprint density at radius 1 is 1.25 bits per heavy atom. The molecule has 0 saturated heterocycles. The lowest BCUT2D eigenvalue weighted by Gasteiger charge is -2.12. The highest BCUT2D eigenvalue weighted by Gasteiger charge is 2.67. The van der Waals surface area contributed by atoms with Crippen LogP contribution in [0.2, 0.25) is 0 Å². The van der Waals surface area contributed by atoms with E-state index >= 15 is 0 Å². The number of carbonyl (C=O) groups excluding carboxylic acids is 1. The minimum atomic E-state index is 0.127. The van der Waals surface area contributed by atoms with Crippen LogP contribution in [0.3, 0.4) is 0 Å². The molecule has 3 heteroatoms. The maximum atomic E-state index is 12.5. The molecule has 1 fully saturated rings. The van der Waals surface area contributed by atoms with Gasteiger partial charge in [-0.05, 0) is 29.7 Å². The molecule has 1 aliphatic carbocycles. The van der Waals surface area contributed by atoms with Crippen molar-refractivity contribution >= 4 is 5.78 Å². The van der Waals surface area contributed by atoms with Crippen LogP contribution in [-0.4, -0.2) is 15.6 Å². The fourth-order valence-corrected chi connectivity index (χ4v) is 3.62. The summed E-state index contributed by atoms with van der Waals surface area (Å²) in [7, 11) is 0. The average molecular weight is 276 g/mol. The molecule has 0 aliphatic heterocycles. The van der Waals surface area contributed by atoms with E-state index in [1.807, 2.05) is 16.9 Å². The zero-order valence-corrected chi connectivity index (χ0v) is 13.7. The van der Waals surface area contributed by atoms with Gasteiger partial charge in [0, 0.05) is 12.1 Å². The normalized spacial score (nSPS) is 20.4. The molecule has 1 aromatic rings. The Balaban J connectivity index is 2.04. The fourth-order valence-electron chi connectivity index (χ4n) is 3.62. The zero-order valence-electron chi connectivity index (χ0n) is 13.7. The second-order valence-electron chi connectivity index (χ2n) is 7.28. The van der Waals surface area contributed by atoms with Crippen LogP contribution in [0.15, 0.2) is 12.3 Å². The van der Waals surface area contributed by atoms with Gasteiger partial charge in [-0.15, -0.1) is 0 Å². The highest BCUT2D eigenvalue weighted by Crippen LogP contribution is 2.68. The van der Waals surface area contributed by atoms with Crippen molar-refractivity contribution in [3.63, 3.8) is 0 Å². The third-order valence-corrected chi connectivity index (χ3v) is 5.68. The first-order valence-corrected chi connectivity index (χ1v) is 7.82. The van der Waals surface area contributed by atoms with Crippen LogP contribution in [-0.2, 0) is 11.2 Å². The Hall–Kier alpha value is -1.12. The van der Waals surface area contributed by atoms with Crippen LogP contribution in [0.4, 0.5) is 0 Å². The van der Waals surface area contributed by atoms with Gasteiger partial charge in [-0.1, -0.05) is 41.5 Å². The maximum absolute atomic E-state index is 12.5. The Morgan fingerprint density at radius 3 is 2.25 bits per heavy atom. The molecule has 3 nitrogen and oxygen atoms in total. The largest absolute Gasteiger partial charge is 0.299 e. The summed E-state index contributed by atoms with van der Waals surface area (Å²) < 4.78 is 2.02. The third kappa shape index (κ3) is 2.32. The van der Waals surface area contributed by atoms with Gasteiger partial charge in [0.05, 0.1) is 18.2 Å². The summed E-state index contributed by atoms with van der Waals surface area (Å²) in [4.78, 5) is 12.5. The van der Waals surface area contributed by atoms with Crippen LogP contribution in [0.1, 0.15) is 66.1 Å². The summed E-state index contributed by atoms with van der Waals surface area (Å²) in [6.45, 7) is 13.1. The van der Waals surface area contributed by atoms with Crippen molar-refractivity contribution in [1.29, 1.82) is 0 Å². The van der Waals surface area contributed by atoms with E-state index in [9.17, 15) is 4.79 Å². The Labute approximate surface area is 122 Å². The topological polar surface area (TPSA) is 34.9 Å². The van der Waals surface area contributed by atoms with E-state index in [0.717, 1.165) is 18.5 Å². The van der Waals surface area contributed by atoms with Gasteiger partial charge in [-0.3, -0.25) is 9.48 Å². The molecular formula is C17H28N2O. The van der Waals surface area contributed by atoms with E-state index in [2.05, 4.69) is 46.6 Å². The predicted octanol–water partition coefficient (Wildman–Crippen LogP) is 4.04. The van der Waals surface area contributed by atoms with E-state index in [-0.39, 0.29) is 16.7 Å². The van der Waals surface area contributed by atoms with Crippen LogP contribution >= 0.6 is 0 Å². The molecule has 0 radical (unpaired) electrons. The highest BCUT2D eigenvalue weighted by molar-refractivity contribution is 5.87. The van der Waals surface area contributed by atoms with Crippen molar-refractivity contribution in [1.82, 2.24) is 9.78 Å². The van der Waals surface area contributed by atoms with Gasteiger partial charge >= 0.3 is 0 Å². The average Bonchev–Trinajstić information content (AvgIpc) is 2.68. The summed E-state index contributed by atoms with van der Waals surface area (Å²) in [6, 6.07) is 2.45. The molecule has 0 bridgehead atoms. The molecule has 0 spiro atoms. The van der Waals surface area contributed by atoms with Gasteiger partial charge in [-0.25, -0.2) is 0 Å². The maximum Gasteiger partial charge on any atom is 0.143 e. The zero-order chi connectivity index (χ0) is 15.1. The molecule has 0 aromatic carbocycles. The number of hydrogen-bond donors (Lipinski definition) is 0. The number of ketones is 1. The van der Waals surface area contributed by atoms with E-state index in [1.54, 1.807) is 0 Å². The summed E-state index contributed by atoms with van der Waals surface area (Å²) in [5.74, 6) is 0.517. The van der Waals surface area contributed by atoms with Crippen molar-refractivity contribution in [2.45, 2.75) is 66.8 Å². The Kier molecular flexibility index (Phi) is 3.83. The van der Waals surface area contributed by atoms with Gasteiger partial charge in [0.2, 0.25) is 0 Å². The summed E-state index contributed by atoms with van der Waals surface area (Å²) >= 11 is 0. The van der Waals surface area contributed by atoms with Crippen LogP contribution < -0.4 is 0 Å². The predicted molar refractivity (Wildman–Crippen MR) is 81.6 cm³/mol. The smallest absolute Gasteiger partial charge is 0.143 e. The van der Waals surface area contributed by atoms with Crippen molar-refractivity contribution in [2.24, 2.45) is 16.7 Å². The van der Waals surface area contributed by atoms with Crippen molar-refractivity contribution < 1.29 is 4.79 Å². The Bertz CT molecular complexity index is 481. The monoisotopic (exact) mass is 276 g/mol. The summed E-state index contributed by atoms with van der Waals surface area (Å²) in [5, 5.41) is 4.59. The van der Waals surface area contributed by atoms with E-state index in [4.69, 9.17) is 0 Å². The van der Waals surface area contributed by atoms with Gasteiger partial charge in [0.25, 0.3) is 0 Å². The van der Waals surface area contributed by atoms with Crippen LogP contribution in [0.25, 0.3) is 0 Å². The van der Waals surface area contributed by atoms with E-state index < -0.39 is 0 Å². The number of hydrogen-bond acceptors (Lipinski definition) is 2. The lowest BCUT2D eigenvalue weighted by atomic mass is 10.0. The first-order valence-electron chi connectivity index (χ1n) is 7.82.